The van der Waals surface area contributed by atoms with Crippen molar-refractivity contribution in [2.75, 3.05) is 71.3 Å². The number of ketones is 1. The number of thioether (sulfide) groups is 12. The Morgan fingerprint density at radius 2 is 1.15 bits per heavy atom. The summed E-state index contributed by atoms with van der Waals surface area (Å²) in [5, 5.41) is 63.2. The predicted octanol–water partition coefficient (Wildman–Crippen LogP) is 16.1. The summed E-state index contributed by atoms with van der Waals surface area (Å²) in [5.41, 5.74) is 3.41. The number of rotatable bonds is 19. The van der Waals surface area contributed by atoms with Crippen molar-refractivity contribution in [3.05, 3.63) is 140 Å². The van der Waals surface area contributed by atoms with Crippen molar-refractivity contribution in [2.45, 2.75) is 196 Å². The maximum atomic E-state index is 11.1. The van der Waals surface area contributed by atoms with Gasteiger partial charge in [0.1, 0.15) is 34.4 Å². The van der Waals surface area contributed by atoms with Crippen LogP contribution in [0.25, 0.3) is 0 Å². The van der Waals surface area contributed by atoms with E-state index < -0.39 is 10.2 Å². The summed E-state index contributed by atoms with van der Waals surface area (Å²) in [5.74, 6) is 4.95. The van der Waals surface area contributed by atoms with Crippen LogP contribution in [0.3, 0.4) is 0 Å². The van der Waals surface area contributed by atoms with Crippen molar-refractivity contribution >= 4 is 214 Å². The minimum absolute atomic E-state index is 0.00282. The van der Waals surface area contributed by atoms with E-state index in [1.54, 1.807) is 32.1 Å². The van der Waals surface area contributed by atoms with Crippen molar-refractivity contribution in [3.8, 4) is 0 Å². The van der Waals surface area contributed by atoms with Gasteiger partial charge in [-0.15, -0.1) is 0 Å². The first-order chi connectivity index (χ1) is 56.5. The Morgan fingerprint density at radius 3 is 1.46 bits per heavy atom. The van der Waals surface area contributed by atoms with Crippen LogP contribution in [0.2, 0.25) is 0 Å². The van der Waals surface area contributed by atoms with Gasteiger partial charge in [-0.05, 0) is 118 Å². The van der Waals surface area contributed by atoms with Crippen LogP contribution >= 0.6 is 141 Å². The van der Waals surface area contributed by atoms with Gasteiger partial charge < -0.3 is 64.2 Å². The molecule has 0 bridgehead atoms. The molecule has 7 atom stereocenters. The molecule has 120 heavy (non-hydrogen) atoms. The molecule has 12 rings (SSSR count). The van der Waals surface area contributed by atoms with Gasteiger partial charge in [0.05, 0.1) is 92.1 Å². The van der Waals surface area contributed by atoms with Crippen LogP contribution in [0.1, 0.15) is 155 Å². The summed E-state index contributed by atoms with van der Waals surface area (Å²) < 4.78 is 28.6. The maximum Gasteiger partial charge on any atom is 0.310 e. The standard InChI is InChI=1S/C10H16OS.C8H10O3S.C8H12OS.3C7H10O2S.C7H10OS.2C6H8O3S.2C5H6O3S.C5H4O3S/c1-8(2)4-3-5-9-6-7-10(11)12-9;1-2-11-7(9)5-6-3-4-12-8(6)10;1-3-6-5-7(4-2)10-8(6)9;1-4-5(8)7(2,3)10-6(4)9;1-3-9-6-4-7(8)10-5(6)2;1-2-3-6-5(8)4-7(9)10-6;1-4-5(2)7(8)9-6(4)3;1-8-4-3-10-6(7)5(4)9-2;7-2-1-5-4(8)3-6(9)10-5;1-8-3-2-9-5(7)4(3)6;1-8-3-2-4(6)9-5(3)7;6-1-3-4(7)2-9-5(3)8/h6-9H,3-5H2,1-2H3;3H,2,4-5H2,1H3;5,7H,3-4H2,1-2H3;8H,1-3H3;4-5H,3H2,1-2H3;4,6,8H,2-3H2,1H3;6H,1-3H3;3H2,1-2H3;3,5,7-8H,1-2H2;6H,2H2,1H3;2,5,7H,1H3;1,6H,2H2. The molecule has 7 N–H and O–H groups in total. The number of aliphatic hydroxyl groups excluding tert-OH is 7. The molecular formula is C81H110O27S12. The minimum atomic E-state index is -0.789. The molecule has 12 heterocycles. The highest BCUT2D eigenvalue weighted by Crippen LogP contribution is 2.42. The lowest BCUT2D eigenvalue weighted by Gasteiger charge is -2.14. The molecule has 1 saturated heterocycles. The van der Waals surface area contributed by atoms with Gasteiger partial charge in [-0.25, -0.2) is 0 Å². The highest BCUT2D eigenvalue weighted by atomic mass is 32.2. The molecule has 0 saturated carbocycles. The van der Waals surface area contributed by atoms with Crippen LogP contribution < -0.4 is 0 Å². The normalized spacial score (nSPS) is 23.0. The maximum absolute atomic E-state index is 11.1. The summed E-state index contributed by atoms with van der Waals surface area (Å²) in [4.78, 5) is 151. The fourth-order valence-electron chi connectivity index (χ4n) is 9.76. The van der Waals surface area contributed by atoms with Gasteiger partial charge in [0.15, 0.2) is 22.7 Å². The molecule has 668 valence electrons. The summed E-state index contributed by atoms with van der Waals surface area (Å²) in [6, 6.07) is 0. The largest absolute Gasteiger partial charge is 0.515 e. The van der Waals surface area contributed by atoms with Crippen molar-refractivity contribution < 1.29 is 131 Å². The molecule has 0 aromatic carbocycles. The first-order valence-electron chi connectivity index (χ1n) is 37.6. The van der Waals surface area contributed by atoms with E-state index in [1.165, 1.54) is 159 Å². The monoisotopic (exact) mass is 1900 g/mol. The van der Waals surface area contributed by atoms with Gasteiger partial charge in [-0.3, -0.25) is 67.1 Å². The van der Waals surface area contributed by atoms with E-state index in [2.05, 4.69) is 43.2 Å². The zero-order valence-corrected chi connectivity index (χ0v) is 80.1. The third kappa shape index (κ3) is 41.3. The fraction of sp³-hybridized carbons (Fsp3) is 0.531. The molecule has 1 fully saturated rings. The Bertz CT molecular complexity index is 3980. The van der Waals surface area contributed by atoms with E-state index in [-0.39, 0.29) is 136 Å². The number of carbonyl (C=O) groups is 14. The van der Waals surface area contributed by atoms with Gasteiger partial charge in [0, 0.05) is 74.7 Å². The number of hydrogen-bond acceptors (Lipinski definition) is 39. The zero-order valence-electron chi connectivity index (χ0n) is 70.3. The number of esters is 1. The van der Waals surface area contributed by atoms with Crippen LogP contribution in [0.5, 0.6) is 0 Å². The smallest absolute Gasteiger partial charge is 0.310 e. The van der Waals surface area contributed by atoms with Gasteiger partial charge in [0.25, 0.3) is 10.2 Å². The highest BCUT2D eigenvalue weighted by molar-refractivity contribution is 8.18. The Morgan fingerprint density at radius 1 is 0.575 bits per heavy atom. The highest BCUT2D eigenvalue weighted by Gasteiger charge is 2.38. The van der Waals surface area contributed by atoms with Crippen LogP contribution in [-0.2, 0) is 95.5 Å². The molecule has 0 aromatic heterocycles. The SMILES string of the molecule is CC(C)CCCC1C=CC(=O)S1.CC1=C(C)C(C)SC1=O.CC1=C(O)C(C)(C)SC1=O.CCC1=CC(CC)SC1=O.CCCC1SC(=O)C=C1O.CCOC(=O)CC1=CCSC1=O.CCOC1=CC(=O)SC1C.COC1=C(O)C(=O)SC1.COC1=C(OC)C(=O)SC1.COC1=CC(=O)SC1O.O=C1C=C(O)C(CCO)S1.O=C1CSC(=O)C1=CO. The lowest BCUT2D eigenvalue weighted by atomic mass is 10.1. The Kier molecular flexibility index (Phi) is 56.0. The van der Waals surface area contributed by atoms with E-state index in [1.807, 2.05) is 61.5 Å². The van der Waals surface area contributed by atoms with Gasteiger partial charge in [-0.1, -0.05) is 207 Å². The molecule has 27 nitrogen and oxygen atoms in total. The molecule has 0 amide bonds. The second kappa shape index (κ2) is 59.9. The van der Waals surface area contributed by atoms with Crippen LogP contribution in [0, 0.1) is 5.92 Å². The van der Waals surface area contributed by atoms with Crippen molar-refractivity contribution in [2.24, 2.45) is 5.92 Å². The third-order valence-corrected chi connectivity index (χ3v) is 28.8. The van der Waals surface area contributed by atoms with Gasteiger partial charge in [0.2, 0.25) is 62.7 Å². The minimum Gasteiger partial charge on any atom is -0.515 e. The first kappa shape index (κ1) is 112. The molecule has 0 spiro atoms. The molecule has 0 aliphatic carbocycles. The first-order valence-corrected chi connectivity index (χ1v) is 48.5. The van der Waals surface area contributed by atoms with E-state index in [4.69, 9.17) is 49.6 Å². The molecular weight excluding hydrogens is 1790 g/mol. The second-order valence-corrected chi connectivity index (χ2v) is 40.4. The zero-order chi connectivity index (χ0) is 91.3. The van der Waals surface area contributed by atoms with Crippen molar-refractivity contribution in [1.82, 2.24) is 0 Å². The van der Waals surface area contributed by atoms with E-state index in [9.17, 15) is 72.2 Å². The molecule has 0 aromatic rings. The summed E-state index contributed by atoms with van der Waals surface area (Å²) in [6.07, 6.45) is 21.7. The van der Waals surface area contributed by atoms with Crippen LogP contribution in [0.4, 0.5) is 0 Å². The number of Topliss-reactive ketones (excluding diaryl/α,β-unsaturated/α-hetero) is 1. The fourth-order valence-corrected chi connectivity index (χ4v) is 20.2. The van der Waals surface area contributed by atoms with E-state index >= 15 is 0 Å². The molecule has 12 aliphatic heterocycles. The molecule has 7 unspecified atom stereocenters. The molecule has 12 aliphatic rings. The lowest BCUT2D eigenvalue weighted by Crippen LogP contribution is -2.13. The Labute approximate surface area is 753 Å². The lowest BCUT2D eigenvalue weighted by molar-refractivity contribution is -0.142. The average molecular weight is 1900 g/mol. The van der Waals surface area contributed by atoms with Crippen LogP contribution in [0.15, 0.2) is 140 Å². The van der Waals surface area contributed by atoms with E-state index in [0.717, 1.165) is 102 Å². The van der Waals surface area contributed by atoms with E-state index in [0.29, 0.717) is 93.1 Å². The van der Waals surface area contributed by atoms with Gasteiger partial charge >= 0.3 is 5.97 Å². The number of hydrogen-bond donors (Lipinski definition) is 7. The summed E-state index contributed by atoms with van der Waals surface area (Å²) >= 11 is 14.4. The van der Waals surface area contributed by atoms with Crippen molar-refractivity contribution in [3.63, 3.8) is 0 Å². The number of aliphatic hydroxyl groups is 7. The summed E-state index contributed by atoms with van der Waals surface area (Å²) in [6.45, 7) is 28.6. The Hall–Kier alpha value is -5.82. The topological polar surface area (TPSA) is 436 Å². The third-order valence-electron chi connectivity index (χ3n) is 16.6. The number of carbonyl (C=O) groups excluding carboxylic acids is 14. The van der Waals surface area contributed by atoms with Crippen molar-refractivity contribution in [1.29, 1.82) is 0 Å². The Balaban J connectivity index is 0.000000655. The van der Waals surface area contributed by atoms with Gasteiger partial charge in [-0.2, -0.15) is 0 Å². The average Bonchev–Trinajstić information content (AvgIpc) is 1.66. The molecule has 39 heteroatoms. The predicted molar refractivity (Wildman–Crippen MR) is 491 cm³/mol. The summed E-state index contributed by atoms with van der Waals surface area (Å²) in [7, 11) is 5.87. The molecule has 0 radical (unpaired) electrons. The quantitative estimate of drug-likeness (QED) is 0.0273. The second-order valence-electron chi connectivity index (χ2n) is 26.3. The number of methoxy groups -OCH3 is 4. The van der Waals surface area contributed by atoms with Crippen LogP contribution in [-0.4, -0.2) is 222 Å². The number of ether oxygens (including phenoxy) is 6.